The number of nitrogens with one attached hydrogen (secondary N) is 2. The lowest BCUT2D eigenvalue weighted by Crippen LogP contribution is -2.39. The molecule has 0 aromatic heterocycles. The summed E-state index contributed by atoms with van der Waals surface area (Å²) in [5.74, 6) is 0.800. The quantitative estimate of drug-likeness (QED) is 0.290. The number of amides is 1. The number of likely N-dealkylation sites (N-methyl/N-ethyl adjacent to an activating group) is 1. The van der Waals surface area contributed by atoms with Crippen LogP contribution in [0.15, 0.2) is 41.9 Å². The van der Waals surface area contributed by atoms with Gasteiger partial charge in [0.05, 0.1) is 0 Å². The van der Waals surface area contributed by atoms with E-state index in [1.54, 1.807) is 7.05 Å². The number of carbonyl (C=O) groups excluding carboxylic acids is 1. The third-order valence-corrected chi connectivity index (χ3v) is 3.96. The molecule has 0 saturated carbocycles. The maximum Gasteiger partial charge on any atom is 0.251 e. The highest BCUT2D eigenvalue weighted by molar-refractivity contribution is 5.94. The number of rotatable bonds is 10. The molecule has 1 amide bonds. The van der Waals surface area contributed by atoms with Crippen molar-refractivity contribution in [1.82, 2.24) is 20.4 Å². The first-order valence-corrected chi connectivity index (χ1v) is 9.02. The van der Waals surface area contributed by atoms with Crippen LogP contribution < -0.4 is 10.6 Å². The molecule has 0 unspecified atom stereocenters. The van der Waals surface area contributed by atoms with Crippen LogP contribution in [-0.4, -0.2) is 69.5 Å². The van der Waals surface area contributed by atoms with Crippen LogP contribution in [-0.2, 0) is 6.54 Å². The maximum atomic E-state index is 12.2. The van der Waals surface area contributed by atoms with Gasteiger partial charge in [-0.05, 0) is 44.6 Å². The zero-order valence-electron chi connectivity index (χ0n) is 16.6. The Morgan fingerprint density at radius 2 is 2.00 bits per heavy atom. The number of carbonyl (C=O) groups is 1. The van der Waals surface area contributed by atoms with Crippen molar-refractivity contribution >= 4 is 11.9 Å². The van der Waals surface area contributed by atoms with E-state index in [2.05, 4.69) is 27.1 Å². The zero-order chi connectivity index (χ0) is 19.4. The second-order valence-electron chi connectivity index (χ2n) is 6.51. The molecule has 1 aromatic carbocycles. The van der Waals surface area contributed by atoms with Gasteiger partial charge in [-0.15, -0.1) is 6.58 Å². The van der Waals surface area contributed by atoms with Crippen LogP contribution >= 0.6 is 0 Å². The number of guanidine groups is 1. The van der Waals surface area contributed by atoms with Gasteiger partial charge in [-0.1, -0.05) is 18.2 Å². The van der Waals surface area contributed by atoms with Gasteiger partial charge >= 0.3 is 0 Å². The summed E-state index contributed by atoms with van der Waals surface area (Å²) in [5.41, 5.74) is 1.73. The fourth-order valence-corrected chi connectivity index (χ4v) is 2.46. The van der Waals surface area contributed by atoms with Crippen molar-refractivity contribution in [2.45, 2.75) is 19.4 Å². The predicted molar refractivity (Wildman–Crippen MR) is 110 cm³/mol. The molecule has 0 bridgehead atoms. The average molecular weight is 360 g/mol. The van der Waals surface area contributed by atoms with E-state index in [-0.39, 0.29) is 5.91 Å². The highest BCUT2D eigenvalue weighted by Gasteiger charge is 2.08. The molecule has 0 radical (unpaired) electrons. The zero-order valence-corrected chi connectivity index (χ0v) is 16.6. The molecule has 1 rings (SSSR count). The summed E-state index contributed by atoms with van der Waals surface area (Å²) < 4.78 is 0. The Morgan fingerprint density at radius 3 is 2.65 bits per heavy atom. The Labute approximate surface area is 158 Å². The molecule has 26 heavy (non-hydrogen) atoms. The number of benzene rings is 1. The Hall–Kier alpha value is -2.34. The second kappa shape index (κ2) is 12.1. The van der Waals surface area contributed by atoms with Crippen molar-refractivity contribution in [3.63, 3.8) is 0 Å². The van der Waals surface area contributed by atoms with Crippen molar-refractivity contribution in [1.29, 1.82) is 0 Å². The molecule has 0 heterocycles. The Morgan fingerprint density at radius 1 is 1.23 bits per heavy atom. The number of aliphatic imine (C=N–C) groups is 1. The topological polar surface area (TPSA) is 60.0 Å². The minimum atomic E-state index is -0.0420. The summed E-state index contributed by atoms with van der Waals surface area (Å²) >= 11 is 0. The van der Waals surface area contributed by atoms with E-state index in [0.717, 1.165) is 37.5 Å². The SMILES string of the molecule is C=CCCCN(C)C(=NC)NCc1cccc(C(=O)NCCN(C)C)c1. The summed E-state index contributed by atoms with van der Waals surface area (Å²) in [7, 11) is 7.77. The van der Waals surface area contributed by atoms with Gasteiger partial charge in [-0.3, -0.25) is 9.79 Å². The van der Waals surface area contributed by atoms with E-state index < -0.39 is 0 Å². The van der Waals surface area contributed by atoms with Crippen molar-refractivity contribution in [3.8, 4) is 0 Å². The fourth-order valence-electron chi connectivity index (χ4n) is 2.46. The minimum absolute atomic E-state index is 0.0420. The third kappa shape index (κ3) is 8.16. The molecule has 0 fully saturated rings. The highest BCUT2D eigenvalue weighted by atomic mass is 16.1. The molecular formula is C20H33N5O. The van der Waals surface area contributed by atoms with Crippen LogP contribution in [0.1, 0.15) is 28.8 Å². The van der Waals surface area contributed by atoms with Crippen molar-refractivity contribution < 1.29 is 4.79 Å². The van der Waals surface area contributed by atoms with Gasteiger partial charge < -0.3 is 20.4 Å². The van der Waals surface area contributed by atoms with Gasteiger partial charge in [0.1, 0.15) is 0 Å². The monoisotopic (exact) mass is 359 g/mol. The second-order valence-corrected chi connectivity index (χ2v) is 6.51. The highest BCUT2D eigenvalue weighted by Crippen LogP contribution is 2.06. The van der Waals surface area contributed by atoms with E-state index in [9.17, 15) is 4.79 Å². The standard InChI is InChI=1S/C20H33N5O/c1-6-7-8-13-25(5)20(21-2)23-16-17-10-9-11-18(15-17)19(26)22-12-14-24(3)4/h6,9-11,15H,1,7-8,12-14,16H2,2-5H3,(H,21,23)(H,22,26). The molecule has 2 N–H and O–H groups in total. The Balaban J connectivity index is 2.56. The largest absolute Gasteiger partial charge is 0.352 e. The van der Waals surface area contributed by atoms with Crippen LogP contribution in [0, 0.1) is 0 Å². The van der Waals surface area contributed by atoms with Crippen LogP contribution in [0.25, 0.3) is 0 Å². The molecule has 1 aromatic rings. The molecule has 0 aliphatic rings. The van der Waals surface area contributed by atoms with E-state index in [4.69, 9.17) is 0 Å². The van der Waals surface area contributed by atoms with Crippen molar-refractivity contribution in [2.75, 3.05) is 47.8 Å². The summed E-state index contributed by atoms with van der Waals surface area (Å²) in [6.45, 7) is 6.74. The first-order valence-electron chi connectivity index (χ1n) is 9.02. The van der Waals surface area contributed by atoms with Gasteiger partial charge in [-0.2, -0.15) is 0 Å². The molecule has 0 aliphatic carbocycles. The maximum absolute atomic E-state index is 12.2. The lowest BCUT2D eigenvalue weighted by Gasteiger charge is -2.22. The molecular weight excluding hydrogens is 326 g/mol. The minimum Gasteiger partial charge on any atom is -0.352 e. The summed E-state index contributed by atoms with van der Waals surface area (Å²) in [6, 6.07) is 7.68. The van der Waals surface area contributed by atoms with Gasteiger partial charge in [0.2, 0.25) is 0 Å². The number of hydrogen-bond acceptors (Lipinski definition) is 3. The van der Waals surface area contributed by atoms with Crippen molar-refractivity contribution in [2.24, 2.45) is 4.99 Å². The van der Waals surface area contributed by atoms with Gasteiger partial charge in [0.15, 0.2) is 5.96 Å². The Kier molecular flexibility index (Phi) is 10.1. The fraction of sp³-hybridized carbons (Fsp3) is 0.500. The summed E-state index contributed by atoms with van der Waals surface area (Å²) in [6.07, 6.45) is 3.97. The molecule has 6 heteroatoms. The first-order chi connectivity index (χ1) is 12.5. The summed E-state index contributed by atoms with van der Waals surface area (Å²) in [4.78, 5) is 20.7. The lowest BCUT2D eigenvalue weighted by molar-refractivity contribution is 0.0951. The van der Waals surface area contributed by atoms with Crippen molar-refractivity contribution in [3.05, 3.63) is 48.0 Å². The molecule has 144 valence electrons. The van der Waals surface area contributed by atoms with Gasteiger partial charge in [0, 0.05) is 45.8 Å². The molecule has 0 spiro atoms. The molecule has 0 atom stereocenters. The van der Waals surface area contributed by atoms with Crippen LogP contribution in [0.4, 0.5) is 0 Å². The number of unbranched alkanes of at least 4 members (excludes halogenated alkanes) is 1. The number of nitrogens with zero attached hydrogens (tertiary/aromatic N) is 3. The van der Waals surface area contributed by atoms with E-state index in [1.807, 2.05) is 56.4 Å². The Bertz CT molecular complexity index is 598. The van der Waals surface area contributed by atoms with E-state index >= 15 is 0 Å². The number of hydrogen-bond donors (Lipinski definition) is 2. The van der Waals surface area contributed by atoms with Crippen LogP contribution in [0.3, 0.4) is 0 Å². The van der Waals surface area contributed by atoms with Crippen LogP contribution in [0.5, 0.6) is 0 Å². The average Bonchev–Trinajstić information content (AvgIpc) is 2.62. The number of allylic oxidation sites excluding steroid dienone is 1. The molecule has 6 nitrogen and oxygen atoms in total. The predicted octanol–water partition coefficient (Wildman–Crippen LogP) is 1.95. The van der Waals surface area contributed by atoms with E-state index in [1.165, 1.54) is 0 Å². The third-order valence-electron chi connectivity index (χ3n) is 3.96. The summed E-state index contributed by atoms with van der Waals surface area (Å²) in [5, 5.41) is 6.29. The smallest absolute Gasteiger partial charge is 0.251 e. The van der Waals surface area contributed by atoms with Crippen LogP contribution in [0.2, 0.25) is 0 Å². The van der Waals surface area contributed by atoms with Gasteiger partial charge in [-0.25, -0.2) is 0 Å². The van der Waals surface area contributed by atoms with Gasteiger partial charge in [0.25, 0.3) is 5.91 Å². The lowest BCUT2D eigenvalue weighted by atomic mass is 10.1. The first kappa shape index (κ1) is 21.7. The normalized spacial score (nSPS) is 11.3. The molecule has 0 saturated heterocycles. The van der Waals surface area contributed by atoms with E-state index in [0.29, 0.717) is 18.7 Å². The molecule has 0 aliphatic heterocycles.